The van der Waals surface area contributed by atoms with Crippen molar-refractivity contribution in [3.05, 3.63) is 60.8 Å². The fourth-order valence-corrected chi connectivity index (χ4v) is 6.91. The molecule has 0 bridgehead atoms. The van der Waals surface area contributed by atoms with E-state index in [2.05, 4.69) is 74.6 Å². The van der Waals surface area contributed by atoms with Crippen molar-refractivity contribution in [3.8, 4) is 0 Å². The molecule has 9 heteroatoms. The fraction of sp³-hybridized carbons (Fsp3) is 0.766. The molecule has 3 N–H and O–H groups in total. The Morgan fingerprint density at radius 2 is 1.00 bits per heavy atom. The molecule has 0 aromatic rings. The van der Waals surface area contributed by atoms with Gasteiger partial charge in [-0.2, -0.15) is 0 Å². The first kappa shape index (κ1) is 54.2. The maximum atomic E-state index is 12.6. The van der Waals surface area contributed by atoms with Crippen molar-refractivity contribution >= 4 is 13.8 Å². The van der Waals surface area contributed by atoms with Gasteiger partial charge in [0.05, 0.1) is 19.8 Å². The number of phosphoric acid groups is 1. The van der Waals surface area contributed by atoms with Gasteiger partial charge in [-0.05, 0) is 57.8 Å². The van der Waals surface area contributed by atoms with E-state index in [0.717, 1.165) is 70.6 Å². The topological polar surface area (TPSA) is 117 Å². The molecule has 0 aliphatic carbocycles. The summed E-state index contributed by atoms with van der Waals surface area (Å²) in [4.78, 5) is 22.5. The number of phosphoric ester groups is 1. The van der Waals surface area contributed by atoms with Crippen LogP contribution in [0.25, 0.3) is 0 Å². The Bertz CT molecular complexity index is 1040. The van der Waals surface area contributed by atoms with Crippen molar-refractivity contribution in [1.82, 2.24) is 0 Å². The van der Waals surface area contributed by atoms with Crippen molar-refractivity contribution in [2.24, 2.45) is 5.73 Å². The van der Waals surface area contributed by atoms with Crippen LogP contribution >= 0.6 is 7.82 Å². The highest BCUT2D eigenvalue weighted by molar-refractivity contribution is 7.47. The second-order valence-corrected chi connectivity index (χ2v) is 16.3. The van der Waals surface area contributed by atoms with Gasteiger partial charge in [0.1, 0.15) is 6.10 Å². The Kier molecular flexibility index (Phi) is 42.9. The largest absolute Gasteiger partial charge is 0.472 e. The lowest BCUT2D eigenvalue weighted by molar-refractivity contribution is -0.154. The van der Waals surface area contributed by atoms with Crippen molar-refractivity contribution in [2.45, 2.75) is 200 Å². The predicted molar refractivity (Wildman–Crippen MR) is 238 cm³/mol. The van der Waals surface area contributed by atoms with E-state index >= 15 is 0 Å². The van der Waals surface area contributed by atoms with E-state index in [1.54, 1.807) is 0 Å². The van der Waals surface area contributed by atoms with Gasteiger partial charge >= 0.3 is 13.8 Å². The number of carbonyl (C=O) groups is 1. The number of nitrogens with two attached hydrogens (primary N) is 1. The standard InChI is InChI=1S/C47H86NO7P/c1-3-5-7-9-11-13-15-17-19-21-23-24-26-28-30-32-34-36-38-40-47(49)55-46(45-54-56(50,51)53-43-41-48)44-52-42-39-37-35-33-31-29-27-25-22-20-18-16-14-12-10-8-6-4-2/h5,7,11,13,17,19,23-24,28,30,46H,3-4,6,8-10,12,14-16,18,20-22,25-27,29,31-45,48H2,1-2H3,(H,50,51)/b7-5-,13-11-,19-17-,24-23-,30-28-. The molecule has 0 aromatic carbocycles. The molecule has 0 aliphatic heterocycles. The number of allylic oxidation sites excluding steroid dienone is 10. The highest BCUT2D eigenvalue weighted by Crippen LogP contribution is 2.43. The Morgan fingerprint density at radius 3 is 1.48 bits per heavy atom. The van der Waals surface area contributed by atoms with E-state index in [9.17, 15) is 14.3 Å². The van der Waals surface area contributed by atoms with Crippen LogP contribution < -0.4 is 5.73 Å². The fourth-order valence-electron chi connectivity index (χ4n) is 6.14. The maximum absolute atomic E-state index is 12.6. The second kappa shape index (κ2) is 44.3. The van der Waals surface area contributed by atoms with Gasteiger partial charge in [0.15, 0.2) is 0 Å². The van der Waals surface area contributed by atoms with Gasteiger partial charge in [0, 0.05) is 19.6 Å². The summed E-state index contributed by atoms with van der Waals surface area (Å²) >= 11 is 0. The zero-order valence-electron chi connectivity index (χ0n) is 36.1. The van der Waals surface area contributed by atoms with E-state index in [-0.39, 0.29) is 38.8 Å². The van der Waals surface area contributed by atoms with Crippen molar-refractivity contribution < 1.29 is 32.8 Å². The number of rotatable bonds is 43. The normalized spacial score (nSPS) is 14.0. The lowest BCUT2D eigenvalue weighted by atomic mass is 10.0. The summed E-state index contributed by atoms with van der Waals surface area (Å²) in [5.74, 6) is -0.360. The van der Waals surface area contributed by atoms with Crippen LogP contribution in [-0.4, -0.2) is 49.9 Å². The van der Waals surface area contributed by atoms with Crippen LogP contribution in [0, 0.1) is 0 Å². The van der Waals surface area contributed by atoms with Crippen LogP contribution in [0.4, 0.5) is 0 Å². The minimum atomic E-state index is -4.29. The quantitative estimate of drug-likeness (QED) is 0.0271. The minimum Gasteiger partial charge on any atom is -0.457 e. The minimum absolute atomic E-state index is 0.0932. The molecule has 8 nitrogen and oxygen atoms in total. The van der Waals surface area contributed by atoms with Crippen LogP contribution in [0.15, 0.2) is 60.8 Å². The SMILES string of the molecule is CC/C=C\C/C=C\C/C=C\C/C=C\C/C=C\CCCCCC(=O)OC(COCCCCCCCCCCCCCCCCCCCC)COP(=O)(O)OCCN. The summed E-state index contributed by atoms with van der Waals surface area (Å²) in [6.07, 6.45) is 53.8. The third kappa shape index (κ3) is 43.3. The number of hydrogen-bond donors (Lipinski definition) is 2. The zero-order chi connectivity index (χ0) is 40.9. The molecule has 2 atom stereocenters. The molecular formula is C47H86NO7P. The molecule has 0 saturated carbocycles. The highest BCUT2D eigenvalue weighted by Gasteiger charge is 2.25. The maximum Gasteiger partial charge on any atom is 0.472 e. The van der Waals surface area contributed by atoms with Gasteiger partial charge in [-0.15, -0.1) is 0 Å². The summed E-state index contributed by atoms with van der Waals surface area (Å²) in [5.41, 5.74) is 5.37. The molecule has 0 spiro atoms. The third-order valence-corrected chi connectivity index (χ3v) is 10.4. The summed E-state index contributed by atoms with van der Waals surface area (Å²) in [6, 6.07) is 0. The molecule has 0 amide bonds. The van der Waals surface area contributed by atoms with Gasteiger partial charge in [-0.3, -0.25) is 13.8 Å². The number of carbonyl (C=O) groups excluding carboxylic acids is 1. The lowest BCUT2D eigenvalue weighted by Crippen LogP contribution is -2.28. The van der Waals surface area contributed by atoms with Crippen LogP contribution in [0.2, 0.25) is 0 Å². The first-order valence-electron chi connectivity index (χ1n) is 22.8. The number of ether oxygens (including phenoxy) is 2. The third-order valence-electron chi connectivity index (χ3n) is 9.45. The molecule has 2 unspecified atom stereocenters. The van der Waals surface area contributed by atoms with Gasteiger partial charge in [-0.1, -0.05) is 190 Å². The monoisotopic (exact) mass is 808 g/mol. The van der Waals surface area contributed by atoms with Crippen molar-refractivity contribution in [1.29, 1.82) is 0 Å². The molecular weight excluding hydrogens is 721 g/mol. The lowest BCUT2D eigenvalue weighted by Gasteiger charge is -2.20. The molecule has 0 aliphatic rings. The van der Waals surface area contributed by atoms with Gasteiger partial charge in [-0.25, -0.2) is 4.57 Å². The molecule has 0 radical (unpaired) electrons. The van der Waals surface area contributed by atoms with Gasteiger partial charge < -0.3 is 20.1 Å². The van der Waals surface area contributed by atoms with Crippen LogP contribution in [0.1, 0.15) is 194 Å². The van der Waals surface area contributed by atoms with Crippen LogP contribution in [0.5, 0.6) is 0 Å². The number of hydrogen-bond acceptors (Lipinski definition) is 7. The number of unbranched alkanes of at least 4 members (excludes halogenated alkanes) is 20. The summed E-state index contributed by atoms with van der Waals surface area (Å²) < 4.78 is 33.5. The molecule has 0 fully saturated rings. The van der Waals surface area contributed by atoms with E-state index in [1.165, 1.54) is 103 Å². The Hall–Kier alpha value is -1.80. The highest BCUT2D eigenvalue weighted by atomic mass is 31.2. The molecule has 326 valence electrons. The Morgan fingerprint density at radius 1 is 0.554 bits per heavy atom. The summed E-state index contributed by atoms with van der Waals surface area (Å²) in [6.45, 7) is 4.78. The summed E-state index contributed by atoms with van der Waals surface area (Å²) in [5, 5.41) is 0. The average Bonchev–Trinajstić information content (AvgIpc) is 3.19. The van der Waals surface area contributed by atoms with Gasteiger partial charge in [0.25, 0.3) is 0 Å². The molecule has 0 saturated heterocycles. The van der Waals surface area contributed by atoms with Crippen molar-refractivity contribution in [3.63, 3.8) is 0 Å². The van der Waals surface area contributed by atoms with Crippen LogP contribution in [-0.2, 0) is 27.9 Å². The number of esters is 1. The second-order valence-electron chi connectivity index (χ2n) is 14.9. The van der Waals surface area contributed by atoms with Crippen LogP contribution in [0.3, 0.4) is 0 Å². The van der Waals surface area contributed by atoms with E-state index in [0.29, 0.717) is 6.61 Å². The summed E-state index contributed by atoms with van der Waals surface area (Å²) in [7, 11) is -4.29. The van der Waals surface area contributed by atoms with Gasteiger partial charge in [0.2, 0.25) is 0 Å². The first-order chi connectivity index (χ1) is 27.4. The van der Waals surface area contributed by atoms with E-state index in [4.69, 9.17) is 24.3 Å². The Labute approximate surface area is 344 Å². The smallest absolute Gasteiger partial charge is 0.457 e. The van der Waals surface area contributed by atoms with E-state index < -0.39 is 13.9 Å². The Balaban J connectivity index is 4.07. The predicted octanol–water partition coefficient (Wildman–Crippen LogP) is 13.8. The molecule has 56 heavy (non-hydrogen) atoms. The molecule has 0 heterocycles. The van der Waals surface area contributed by atoms with E-state index in [1.807, 2.05) is 0 Å². The molecule has 0 rings (SSSR count). The molecule has 0 aromatic heterocycles. The first-order valence-corrected chi connectivity index (χ1v) is 24.3. The zero-order valence-corrected chi connectivity index (χ0v) is 37.0. The van der Waals surface area contributed by atoms with Crippen molar-refractivity contribution in [2.75, 3.05) is 33.0 Å². The average molecular weight is 808 g/mol.